The molecular formula is C21H20N6OS. The number of aryl methyl sites for hydroxylation is 3. The second-order valence-corrected chi connectivity index (χ2v) is 7.81. The van der Waals surface area contributed by atoms with Gasteiger partial charge < -0.3 is 5.32 Å². The Balaban J connectivity index is 1.52. The summed E-state index contributed by atoms with van der Waals surface area (Å²) in [4.78, 5) is 21.1. The van der Waals surface area contributed by atoms with Gasteiger partial charge in [-0.3, -0.25) is 4.79 Å². The van der Waals surface area contributed by atoms with E-state index < -0.39 is 0 Å². The molecule has 0 aliphatic rings. The molecule has 0 bridgehead atoms. The van der Waals surface area contributed by atoms with E-state index in [9.17, 15) is 4.79 Å². The molecule has 29 heavy (non-hydrogen) atoms. The molecule has 0 aliphatic carbocycles. The highest BCUT2D eigenvalue weighted by atomic mass is 32.2. The number of thioether (sulfide) groups is 1. The van der Waals surface area contributed by atoms with Gasteiger partial charge in [0.25, 0.3) is 0 Å². The molecule has 0 saturated carbocycles. The van der Waals surface area contributed by atoms with Crippen LogP contribution in [0, 0.1) is 20.8 Å². The van der Waals surface area contributed by atoms with Crippen LogP contribution in [0.15, 0.2) is 53.8 Å². The summed E-state index contributed by atoms with van der Waals surface area (Å²) in [6.07, 6.45) is 1.47. The van der Waals surface area contributed by atoms with E-state index in [4.69, 9.17) is 0 Å². The Morgan fingerprint density at radius 1 is 1.03 bits per heavy atom. The zero-order valence-corrected chi connectivity index (χ0v) is 17.2. The first kappa shape index (κ1) is 19.1. The highest BCUT2D eigenvalue weighted by Crippen LogP contribution is 2.24. The van der Waals surface area contributed by atoms with Crippen molar-refractivity contribution in [2.45, 2.75) is 25.8 Å². The van der Waals surface area contributed by atoms with Gasteiger partial charge in [-0.2, -0.15) is 4.68 Å². The fraction of sp³-hybridized carbons (Fsp3) is 0.190. The average Bonchev–Trinajstić information content (AvgIpc) is 3.14. The number of aromatic nitrogens is 5. The van der Waals surface area contributed by atoms with E-state index >= 15 is 0 Å². The van der Waals surface area contributed by atoms with Crippen LogP contribution in [0.25, 0.3) is 16.9 Å². The van der Waals surface area contributed by atoms with Crippen molar-refractivity contribution in [1.82, 2.24) is 25.0 Å². The number of nitrogens with zero attached hydrogens (tertiary/aromatic N) is 5. The lowest BCUT2D eigenvalue weighted by Gasteiger charge is -2.09. The minimum atomic E-state index is -0.0959. The zero-order chi connectivity index (χ0) is 20.4. The predicted octanol–water partition coefficient (Wildman–Crippen LogP) is 3.87. The zero-order valence-electron chi connectivity index (χ0n) is 16.4. The number of benzene rings is 2. The maximum absolute atomic E-state index is 12.4. The number of anilines is 1. The van der Waals surface area contributed by atoms with Crippen molar-refractivity contribution in [3.05, 3.63) is 65.5 Å². The molecule has 7 nitrogen and oxygen atoms in total. The molecule has 0 fully saturated rings. The van der Waals surface area contributed by atoms with Crippen molar-refractivity contribution in [3.63, 3.8) is 0 Å². The van der Waals surface area contributed by atoms with Gasteiger partial charge in [-0.05, 0) is 50.1 Å². The number of fused-ring (bicyclic) bond motifs is 1. The van der Waals surface area contributed by atoms with E-state index in [1.165, 1.54) is 23.7 Å². The van der Waals surface area contributed by atoms with Crippen LogP contribution in [0.2, 0.25) is 0 Å². The second kappa shape index (κ2) is 8.00. The van der Waals surface area contributed by atoms with Crippen molar-refractivity contribution in [2.24, 2.45) is 0 Å². The molecule has 4 rings (SSSR count). The molecule has 146 valence electrons. The molecule has 8 heteroatoms. The lowest BCUT2D eigenvalue weighted by atomic mass is 10.1. The third-order valence-corrected chi connectivity index (χ3v) is 5.47. The Morgan fingerprint density at radius 3 is 2.59 bits per heavy atom. The fourth-order valence-electron chi connectivity index (χ4n) is 2.88. The van der Waals surface area contributed by atoms with Crippen LogP contribution >= 0.6 is 11.8 Å². The number of hydrogen-bond acceptors (Lipinski definition) is 6. The van der Waals surface area contributed by atoms with Gasteiger partial charge in [0.2, 0.25) is 5.91 Å². The standard InChI is InChI=1S/C21H20N6OS/c1-13-5-8-16(9-6-13)27-20-19(25-26-27)21(23-12-22-20)29-11-18(28)24-17-10-14(2)4-7-15(17)3/h4-10,12H,11H2,1-3H3,(H,24,28). The smallest absolute Gasteiger partial charge is 0.234 e. The molecule has 0 spiro atoms. The molecule has 2 aromatic carbocycles. The van der Waals surface area contributed by atoms with Gasteiger partial charge in [-0.15, -0.1) is 5.10 Å². The predicted molar refractivity (Wildman–Crippen MR) is 114 cm³/mol. The first-order chi connectivity index (χ1) is 14.0. The second-order valence-electron chi connectivity index (χ2n) is 6.84. The number of nitrogens with one attached hydrogen (secondary N) is 1. The Hall–Kier alpha value is -3.26. The van der Waals surface area contributed by atoms with Crippen LogP contribution in [0.3, 0.4) is 0 Å². The largest absolute Gasteiger partial charge is 0.325 e. The lowest BCUT2D eigenvalue weighted by molar-refractivity contribution is -0.113. The van der Waals surface area contributed by atoms with Gasteiger partial charge in [0.1, 0.15) is 11.4 Å². The van der Waals surface area contributed by atoms with Crippen molar-refractivity contribution in [3.8, 4) is 5.69 Å². The molecule has 2 heterocycles. The molecular weight excluding hydrogens is 384 g/mol. The highest BCUT2D eigenvalue weighted by molar-refractivity contribution is 8.00. The van der Waals surface area contributed by atoms with Gasteiger partial charge in [-0.1, -0.05) is 46.8 Å². The van der Waals surface area contributed by atoms with E-state index in [2.05, 4.69) is 25.6 Å². The Bertz CT molecular complexity index is 1190. The van der Waals surface area contributed by atoms with Gasteiger partial charge in [-0.25, -0.2) is 9.97 Å². The maximum atomic E-state index is 12.4. The quantitative estimate of drug-likeness (QED) is 0.401. The van der Waals surface area contributed by atoms with E-state index in [1.807, 2.05) is 63.2 Å². The minimum absolute atomic E-state index is 0.0959. The summed E-state index contributed by atoms with van der Waals surface area (Å²) in [7, 11) is 0. The van der Waals surface area contributed by atoms with Crippen LogP contribution in [0.5, 0.6) is 0 Å². The van der Waals surface area contributed by atoms with Crippen LogP contribution in [0.1, 0.15) is 16.7 Å². The van der Waals surface area contributed by atoms with Crippen LogP contribution in [-0.4, -0.2) is 36.6 Å². The summed E-state index contributed by atoms with van der Waals surface area (Å²) in [5, 5.41) is 12.1. The normalized spacial score (nSPS) is 11.0. The molecule has 1 N–H and O–H groups in total. The summed E-state index contributed by atoms with van der Waals surface area (Å²) in [5.41, 5.74) is 6.19. The molecule has 2 aromatic heterocycles. The number of rotatable bonds is 5. The van der Waals surface area contributed by atoms with Crippen LogP contribution in [-0.2, 0) is 4.79 Å². The molecule has 0 atom stereocenters. The minimum Gasteiger partial charge on any atom is -0.325 e. The summed E-state index contributed by atoms with van der Waals surface area (Å²) >= 11 is 1.32. The number of carbonyl (C=O) groups is 1. The molecule has 1 amide bonds. The van der Waals surface area contributed by atoms with E-state index in [-0.39, 0.29) is 11.7 Å². The molecule has 0 unspecified atom stereocenters. The van der Waals surface area contributed by atoms with Crippen LogP contribution in [0.4, 0.5) is 5.69 Å². The highest BCUT2D eigenvalue weighted by Gasteiger charge is 2.15. The molecule has 0 saturated heterocycles. The van der Waals surface area contributed by atoms with Gasteiger partial charge >= 0.3 is 0 Å². The monoisotopic (exact) mass is 404 g/mol. The lowest BCUT2D eigenvalue weighted by Crippen LogP contribution is -2.15. The third-order valence-electron chi connectivity index (χ3n) is 4.49. The summed E-state index contributed by atoms with van der Waals surface area (Å²) in [5.74, 6) is 0.123. The Kier molecular flexibility index (Phi) is 5.26. The summed E-state index contributed by atoms with van der Waals surface area (Å²) in [6.45, 7) is 6.00. The Morgan fingerprint density at radius 2 is 1.79 bits per heavy atom. The Labute approximate surface area is 172 Å². The number of carbonyl (C=O) groups excluding carboxylic acids is 1. The van der Waals surface area contributed by atoms with Crippen molar-refractivity contribution < 1.29 is 4.79 Å². The van der Waals surface area contributed by atoms with Crippen molar-refractivity contribution in [2.75, 3.05) is 11.1 Å². The molecule has 4 aromatic rings. The van der Waals surface area contributed by atoms with Gasteiger partial charge in [0, 0.05) is 5.69 Å². The summed E-state index contributed by atoms with van der Waals surface area (Å²) < 4.78 is 1.68. The maximum Gasteiger partial charge on any atom is 0.234 e. The first-order valence-electron chi connectivity index (χ1n) is 9.14. The average molecular weight is 404 g/mol. The summed E-state index contributed by atoms with van der Waals surface area (Å²) in [6, 6.07) is 13.9. The van der Waals surface area contributed by atoms with E-state index in [0.29, 0.717) is 16.2 Å². The van der Waals surface area contributed by atoms with Crippen molar-refractivity contribution >= 4 is 34.5 Å². The first-order valence-corrected chi connectivity index (χ1v) is 10.1. The van der Waals surface area contributed by atoms with E-state index in [0.717, 1.165) is 22.5 Å². The third kappa shape index (κ3) is 4.12. The van der Waals surface area contributed by atoms with Gasteiger partial charge in [0.05, 0.1) is 11.4 Å². The molecule has 0 radical (unpaired) electrons. The number of amides is 1. The SMILES string of the molecule is Cc1ccc(-n2nnc3c(SCC(=O)Nc4cc(C)ccc4C)ncnc32)cc1. The topological polar surface area (TPSA) is 85.6 Å². The molecule has 0 aliphatic heterocycles. The fourth-order valence-corrected chi connectivity index (χ4v) is 3.61. The van der Waals surface area contributed by atoms with Crippen molar-refractivity contribution in [1.29, 1.82) is 0 Å². The number of hydrogen-bond donors (Lipinski definition) is 1. The van der Waals surface area contributed by atoms with E-state index in [1.54, 1.807) is 4.68 Å². The van der Waals surface area contributed by atoms with Crippen LogP contribution < -0.4 is 5.32 Å². The van der Waals surface area contributed by atoms with Gasteiger partial charge in [0.15, 0.2) is 11.2 Å².